The standard InChI is InChI=1S/C32H31N5O2.C29H32N6O2/c33-19-4-7-31(38)26-10-8-25(9-11-26)30-16-20-34-32(36-30)35-27-12-14-28(15-13-27)39-29-17-21-37(22-18-29)23-24-5-2-1-3-6-24;30-16-3-4-28(36)23-7-5-22(6-8-23)27-13-17-31-29(33-27)32-24-9-11-26(12-10-24)37-35-20-14-25(15-21-35)34-18-1-2-19-34/h1-3,5-6,8-16,20,29H,4,7,17-18,21-23H2,(H,34,35,36);5-13,17,25H,1-4,14-15,18-21H2,(H,31,32,33). The Balaban J connectivity index is 0.000000186. The van der Waals surface area contributed by atoms with Gasteiger partial charge in [-0.25, -0.2) is 19.9 Å². The van der Waals surface area contributed by atoms with Crippen molar-refractivity contribution in [2.24, 2.45) is 0 Å². The zero-order chi connectivity index (χ0) is 52.3. The Kier molecular flexibility index (Phi) is 18.5. The number of nitriles is 2. The van der Waals surface area contributed by atoms with Gasteiger partial charge in [-0.15, -0.1) is 5.06 Å². The molecular formula is C61H63N11O4. The fourth-order valence-corrected chi connectivity index (χ4v) is 9.69. The minimum absolute atomic E-state index is 0.0304. The van der Waals surface area contributed by atoms with Gasteiger partial charge in [0.25, 0.3) is 0 Å². The van der Waals surface area contributed by atoms with Crippen LogP contribution in [0.4, 0.5) is 23.3 Å². The maximum atomic E-state index is 12.1. The van der Waals surface area contributed by atoms with E-state index < -0.39 is 0 Å². The molecule has 2 aromatic heterocycles. The number of ketones is 2. The number of hydrogen-bond acceptors (Lipinski definition) is 15. The first-order chi connectivity index (χ1) is 37.3. The number of aromatic nitrogens is 4. The first-order valence-electron chi connectivity index (χ1n) is 26.4. The normalized spacial score (nSPS) is 15.3. The fourth-order valence-electron chi connectivity index (χ4n) is 9.69. The molecule has 2 N–H and O–H groups in total. The van der Waals surface area contributed by atoms with E-state index in [9.17, 15) is 9.59 Å². The van der Waals surface area contributed by atoms with Crippen molar-refractivity contribution in [3.8, 4) is 46.2 Å². The minimum atomic E-state index is -0.0333. The second-order valence-electron chi connectivity index (χ2n) is 19.2. The summed E-state index contributed by atoms with van der Waals surface area (Å²) in [7, 11) is 0. The van der Waals surface area contributed by atoms with E-state index in [1.54, 1.807) is 36.7 Å². The molecule has 0 spiro atoms. The van der Waals surface area contributed by atoms with Crippen LogP contribution in [0.15, 0.2) is 152 Å². The molecule has 0 bridgehead atoms. The van der Waals surface area contributed by atoms with Crippen LogP contribution in [0.5, 0.6) is 11.5 Å². The molecule has 3 saturated heterocycles. The second kappa shape index (κ2) is 26.7. The molecule has 3 aliphatic rings. The number of carbonyl (C=O) groups is 2. The zero-order valence-corrected chi connectivity index (χ0v) is 42.8. The predicted octanol–water partition coefficient (Wildman–Crippen LogP) is 11.6. The molecule has 76 heavy (non-hydrogen) atoms. The molecule has 0 aliphatic carbocycles. The summed E-state index contributed by atoms with van der Waals surface area (Å²) in [6.07, 6.45) is 11.6. The lowest BCUT2D eigenvalue weighted by Crippen LogP contribution is -2.44. The number of piperidine rings is 2. The minimum Gasteiger partial charge on any atom is -0.490 e. The summed E-state index contributed by atoms with van der Waals surface area (Å²) in [6.45, 7) is 7.48. The van der Waals surface area contributed by atoms with Crippen LogP contribution in [0, 0.1) is 22.7 Å². The average molecular weight is 1010 g/mol. The van der Waals surface area contributed by atoms with Gasteiger partial charge < -0.3 is 25.1 Å². The highest BCUT2D eigenvalue weighted by Crippen LogP contribution is 2.28. The molecule has 0 radical (unpaired) electrons. The van der Waals surface area contributed by atoms with E-state index in [0.717, 1.165) is 104 Å². The maximum absolute atomic E-state index is 12.1. The topological polar surface area (TPSA) is 186 Å². The summed E-state index contributed by atoms with van der Waals surface area (Å²) >= 11 is 0. The third-order valence-electron chi connectivity index (χ3n) is 13.9. The van der Waals surface area contributed by atoms with Crippen molar-refractivity contribution < 1.29 is 19.2 Å². The largest absolute Gasteiger partial charge is 0.490 e. The number of benzene rings is 5. The molecule has 0 amide bonds. The van der Waals surface area contributed by atoms with Crippen molar-refractivity contribution in [2.45, 2.75) is 82.9 Å². The SMILES string of the molecule is N#CCCC(=O)c1ccc(-c2ccnc(Nc3ccc(OC4CCN(Cc5ccccc5)CC4)cc3)n2)cc1.N#CCCC(=O)c1ccc(-c2ccnc(Nc3ccc(ON4CCC(N5CCCC5)CC4)cc3)n2)cc1. The molecule has 386 valence electrons. The first kappa shape index (κ1) is 52.5. The van der Waals surface area contributed by atoms with E-state index >= 15 is 0 Å². The Bertz CT molecular complexity index is 3050. The van der Waals surface area contributed by atoms with Crippen molar-refractivity contribution in [1.82, 2.24) is 34.8 Å². The van der Waals surface area contributed by atoms with E-state index in [4.69, 9.17) is 20.1 Å². The molecule has 15 heteroatoms. The van der Waals surface area contributed by atoms with Crippen molar-refractivity contribution in [3.63, 3.8) is 0 Å². The molecule has 5 heterocycles. The average Bonchev–Trinajstić information content (AvgIpc) is 4.02. The van der Waals surface area contributed by atoms with Crippen LogP contribution in [0.1, 0.15) is 90.5 Å². The van der Waals surface area contributed by atoms with Gasteiger partial charge in [0.1, 0.15) is 17.6 Å². The molecule has 0 saturated carbocycles. The highest BCUT2D eigenvalue weighted by atomic mass is 16.7. The number of nitrogens with one attached hydrogen (secondary N) is 2. The van der Waals surface area contributed by atoms with Crippen LogP contribution in [-0.2, 0) is 6.54 Å². The molecule has 5 aromatic carbocycles. The zero-order valence-electron chi connectivity index (χ0n) is 42.8. The number of carbonyl (C=O) groups excluding carboxylic acids is 2. The number of anilines is 4. The highest BCUT2D eigenvalue weighted by molar-refractivity contribution is 5.97. The smallest absolute Gasteiger partial charge is 0.227 e. The number of rotatable bonds is 19. The summed E-state index contributed by atoms with van der Waals surface area (Å²) in [5, 5.41) is 25.9. The number of Topliss-reactive ketones (excluding diaryl/α,β-unsaturated/α-hetero) is 2. The lowest BCUT2D eigenvalue weighted by molar-refractivity contribution is -0.0853. The summed E-state index contributed by atoms with van der Waals surface area (Å²) in [5.74, 6) is 2.60. The Labute approximate surface area is 445 Å². The van der Waals surface area contributed by atoms with Crippen molar-refractivity contribution in [1.29, 1.82) is 10.5 Å². The van der Waals surface area contributed by atoms with Crippen molar-refractivity contribution in [3.05, 3.63) is 169 Å². The van der Waals surface area contributed by atoms with Crippen LogP contribution in [0.25, 0.3) is 22.5 Å². The fraction of sp³-hybridized carbons (Fsp3) is 0.311. The van der Waals surface area contributed by atoms with Gasteiger partial charge in [0.2, 0.25) is 11.9 Å². The molecule has 15 nitrogen and oxygen atoms in total. The summed E-state index contributed by atoms with van der Waals surface area (Å²) in [6, 6.07) is 49.3. The quantitative estimate of drug-likeness (QED) is 0.0728. The van der Waals surface area contributed by atoms with Gasteiger partial charge in [-0.2, -0.15) is 10.5 Å². The van der Waals surface area contributed by atoms with Gasteiger partial charge in [-0.3, -0.25) is 14.5 Å². The van der Waals surface area contributed by atoms with Crippen LogP contribution >= 0.6 is 0 Å². The molecule has 0 unspecified atom stereocenters. The predicted molar refractivity (Wildman–Crippen MR) is 294 cm³/mol. The van der Waals surface area contributed by atoms with E-state index in [1.165, 1.54) is 31.5 Å². The number of hydroxylamine groups is 2. The monoisotopic (exact) mass is 1010 g/mol. The maximum Gasteiger partial charge on any atom is 0.227 e. The first-order valence-corrected chi connectivity index (χ1v) is 26.4. The van der Waals surface area contributed by atoms with Gasteiger partial charge in [-0.05, 0) is 118 Å². The van der Waals surface area contributed by atoms with Crippen LogP contribution in [0.2, 0.25) is 0 Å². The van der Waals surface area contributed by atoms with Crippen LogP contribution in [-0.4, -0.2) is 97.8 Å². The van der Waals surface area contributed by atoms with E-state index in [1.807, 2.05) is 97.1 Å². The third kappa shape index (κ3) is 15.1. The number of likely N-dealkylation sites (tertiary alicyclic amines) is 2. The number of nitrogens with zero attached hydrogens (tertiary/aromatic N) is 9. The van der Waals surface area contributed by atoms with Crippen LogP contribution < -0.4 is 20.2 Å². The number of ether oxygens (including phenoxy) is 1. The molecular weight excluding hydrogens is 951 g/mol. The van der Waals surface area contributed by atoms with Gasteiger partial charge in [0.05, 0.1) is 23.5 Å². The summed E-state index contributed by atoms with van der Waals surface area (Å²) in [4.78, 5) is 53.4. The van der Waals surface area contributed by atoms with Crippen molar-refractivity contribution in [2.75, 3.05) is 49.9 Å². The third-order valence-corrected chi connectivity index (χ3v) is 13.9. The Morgan fingerprint density at radius 1 is 0.566 bits per heavy atom. The van der Waals surface area contributed by atoms with E-state index in [-0.39, 0.29) is 43.4 Å². The molecule has 7 aromatic rings. The summed E-state index contributed by atoms with van der Waals surface area (Å²) < 4.78 is 6.26. The lowest BCUT2D eigenvalue weighted by atomic mass is 10.0. The van der Waals surface area contributed by atoms with Gasteiger partial charge in [-0.1, -0.05) is 78.9 Å². The van der Waals surface area contributed by atoms with E-state index in [0.29, 0.717) is 29.1 Å². The molecule has 0 atom stereocenters. The van der Waals surface area contributed by atoms with E-state index in [2.05, 4.69) is 75.8 Å². The summed E-state index contributed by atoms with van der Waals surface area (Å²) in [5.41, 5.74) is 7.58. The van der Waals surface area contributed by atoms with Gasteiger partial charge in [0.15, 0.2) is 11.6 Å². The Morgan fingerprint density at radius 3 is 1.57 bits per heavy atom. The van der Waals surface area contributed by atoms with Gasteiger partial charge in [0, 0.05) is 110 Å². The number of hydrogen-bond donors (Lipinski definition) is 2. The van der Waals surface area contributed by atoms with Gasteiger partial charge >= 0.3 is 0 Å². The van der Waals surface area contributed by atoms with Crippen LogP contribution in [0.3, 0.4) is 0 Å². The lowest BCUT2D eigenvalue weighted by Gasteiger charge is -2.35. The molecule has 3 aliphatic heterocycles. The molecule has 10 rings (SSSR count). The molecule has 3 fully saturated rings. The second-order valence-corrected chi connectivity index (χ2v) is 19.2. The van der Waals surface area contributed by atoms with Crippen molar-refractivity contribution >= 4 is 34.8 Å². The highest BCUT2D eigenvalue weighted by Gasteiger charge is 2.27. The Morgan fingerprint density at radius 2 is 1.07 bits per heavy atom. The Hall–Kier alpha value is -8.34.